The topological polar surface area (TPSA) is 39.9 Å². The van der Waals surface area contributed by atoms with Gasteiger partial charge in [0.2, 0.25) is 0 Å². The SMILES string of the molecule is CCO[C@H](c1ncn(C)n1)[C@@H](C)CC. The van der Waals surface area contributed by atoms with Gasteiger partial charge in [-0.1, -0.05) is 20.3 Å². The zero-order valence-electron chi connectivity index (χ0n) is 9.40. The second-order valence-corrected chi connectivity index (χ2v) is 3.54. The van der Waals surface area contributed by atoms with Crippen LogP contribution in [0.1, 0.15) is 39.1 Å². The maximum absolute atomic E-state index is 5.66. The van der Waals surface area contributed by atoms with Crippen molar-refractivity contribution in [3.63, 3.8) is 0 Å². The van der Waals surface area contributed by atoms with E-state index in [0.29, 0.717) is 12.5 Å². The first kappa shape index (κ1) is 11.2. The molecular weight excluding hydrogens is 178 g/mol. The van der Waals surface area contributed by atoms with Crippen molar-refractivity contribution >= 4 is 0 Å². The van der Waals surface area contributed by atoms with Crippen molar-refractivity contribution in [2.24, 2.45) is 13.0 Å². The standard InChI is InChI=1S/C10H19N3O/c1-5-8(3)9(14-6-2)10-11-7-13(4)12-10/h7-9H,5-6H2,1-4H3/t8-,9-/m0/s1. The monoisotopic (exact) mass is 197 g/mol. The quantitative estimate of drug-likeness (QED) is 0.724. The Hall–Kier alpha value is -0.900. The molecule has 1 aromatic rings. The van der Waals surface area contributed by atoms with Gasteiger partial charge in [0.1, 0.15) is 12.4 Å². The van der Waals surface area contributed by atoms with Gasteiger partial charge in [0.25, 0.3) is 0 Å². The Labute approximate surface area is 85.3 Å². The number of ether oxygens (including phenoxy) is 1. The van der Waals surface area contributed by atoms with Crippen molar-refractivity contribution in [3.8, 4) is 0 Å². The molecule has 0 amide bonds. The number of aromatic nitrogens is 3. The van der Waals surface area contributed by atoms with Crippen molar-refractivity contribution < 1.29 is 4.74 Å². The molecule has 80 valence electrons. The minimum Gasteiger partial charge on any atom is -0.370 e. The van der Waals surface area contributed by atoms with E-state index in [1.54, 1.807) is 11.0 Å². The normalized spacial score (nSPS) is 15.4. The Morgan fingerprint density at radius 1 is 1.50 bits per heavy atom. The van der Waals surface area contributed by atoms with Gasteiger partial charge < -0.3 is 4.74 Å². The van der Waals surface area contributed by atoms with Gasteiger partial charge >= 0.3 is 0 Å². The van der Waals surface area contributed by atoms with Crippen molar-refractivity contribution in [2.75, 3.05) is 6.61 Å². The maximum Gasteiger partial charge on any atom is 0.179 e. The maximum atomic E-state index is 5.66. The van der Waals surface area contributed by atoms with Crippen LogP contribution in [0.25, 0.3) is 0 Å². The van der Waals surface area contributed by atoms with Gasteiger partial charge in [0.05, 0.1) is 0 Å². The van der Waals surface area contributed by atoms with E-state index in [1.807, 2.05) is 14.0 Å². The third-order valence-corrected chi connectivity index (χ3v) is 2.38. The molecule has 1 aromatic heterocycles. The van der Waals surface area contributed by atoms with E-state index in [-0.39, 0.29) is 6.10 Å². The van der Waals surface area contributed by atoms with Crippen LogP contribution in [0.5, 0.6) is 0 Å². The summed E-state index contributed by atoms with van der Waals surface area (Å²) < 4.78 is 7.37. The molecule has 1 heterocycles. The highest BCUT2D eigenvalue weighted by atomic mass is 16.5. The Morgan fingerprint density at radius 2 is 2.21 bits per heavy atom. The summed E-state index contributed by atoms with van der Waals surface area (Å²) in [5, 5.41) is 4.28. The smallest absolute Gasteiger partial charge is 0.179 e. The average molecular weight is 197 g/mol. The van der Waals surface area contributed by atoms with Gasteiger partial charge in [-0.05, 0) is 12.8 Å². The highest BCUT2D eigenvalue weighted by molar-refractivity contribution is 4.90. The molecule has 0 bridgehead atoms. The van der Waals surface area contributed by atoms with E-state index in [4.69, 9.17) is 4.74 Å². The lowest BCUT2D eigenvalue weighted by Crippen LogP contribution is -2.15. The third-order valence-electron chi connectivity index (χ3n) is 2.38. The minimum absolute atomic E-state index is 0.0335. The third kappa shape index (κ3) is 2.54. The summed E-state index contributed by atoms with van der Waals surface area (Å²) in [5.41, 5.74) is 0. The number of nitrogens with zero attached hydrogens (tertiary/aromatic N) is 3. The molecule has 0 saturated carbocycles. The van der Waals surface area contributed by atoms with E-state index in [0.717, 1.165) is 12.2 Å². The average Bonchev–Trinajstić information content (AvgIpc) is 2.60. The molecule has 0 aliphatic heterocycles. The predicted molar refractivity (Wildman–Crippen MR) is 54.8 cm³/mol. The molecule has 4 nitrogen and oxygen atoms in total. The lowest BCUT2D eigenvalue weighted by Gasteiger charge is -2.19. The molecule has 2 atom stereocenters. The van der Waals surface area contributed by atoms with Crippen LogP contribution in [-0.4, -0.2) is 21.4 Å². The van der Waals surface area contributed by atoms with Crippen LogP contribution in [0.15, 0.2) is 6.33 Å². The summed E-state index contributed by atoms with van der Waals surface area (Å²) >= 11 is 0. The van der Waals surface area contributed by atoms with Gasteiger partial charge in [-0.3, -0.25) is 4.68 Å². The molecule has 1 rings (SSSR count). The van der Waals surface area contributed by atoms with Crippen molar-refractivity contribution in [1.82, 2.24) is 14.8 Å². The van der Waals surface area contributed by atoms with E-state index in [9.17, 15) is 0 Å². The summed E-state index contributed by atoms with van der Waals surface area (Å²) in [4.78, 5) is 4.23. The van der Waals surface area contributed by atoms with E-state index in [1.165, 1.54) is 0 Å². The van der Waals surface area contributed by atoms with Gasteiger partial charge in [-0.2, -0.15) is 5.10 Å². The Morgan fingerprint density at radius 3 is 2.64 bits per heavy atom. The molecule has 0 aromatic carbocycles. The molecule has 0 aliphatic carbocycles. The van der Waals surface area contributed by atoms with Crippen LogP contribution in [0.4, 0.5) is 0 Å². The van der Waals surface area contributed by atoms with Crippen LogP contribution in [0.2, 0.25) is 0 Å². The van der Waals surface area contributed by atoms with Crippen LogP contribution in [-0.2, 0) is 11.8 Å². The molecule has 0 radical (unpaired) electrons. The van der Waals surface area contributed by atoms with E-state index in [2.05, 4.69) is 23.9 Å². The van der Waals surface area contributed by atoms with Gasteiger partial charge in [0, 0.05) is 13.7 Å². The first-order valence-electron chi connectivity index (χ1n) is 5.16. The summed E-state index contributed by atoms with van der Waals surface area (Å²) in [5.74, 6) is 1.25. The predicted octanol–water partition coefficient (Wildman–Crippen LogP) is 1.94. The molecule has 0 saturated heterocycles. The minimum atomic E-state index is 0.0335. The van der Waals surface area contributed by atoms with Crippen LogP contribution >= 0.6 is 0 Å². The zero-order chi connectivity index (χ0) is 10.6. The van der Waals surface area contributed by atoms with Gasteiger partial charge in [-0.25, -0.2) is 4.98 Å². The van der Waals surface area contributed by atoms with Crippen molar-refractivity contribution in [3.05, 3.63) is 12.2 Å². The second-order valence-electron chi connectivity index (χ2n) is 3.54. The molecule has 14 heavy (non-hydrogen) atoms. The van der Waals surface area contributed by atoms with E-state index >= 15 is 0 Å². The molecule has 0 fully saturated rings. The largest absolute Gasteiger partial charge is 0.370 e. The summed E-state index contributed by atoms with van der Waals surface area (Å²) in [7, 11) is 1.87. The van der Waals surface area contributed by atoms with E-state index < -0.39 is 0 Å². The fourth-order valence-corrected chi connectivity index (χ4v) is 1.37. The lowest BCUT2D eigenvalue weighted by atomic mass is 10.0. The fourth-order valence-electron chi connectivity index (χ4n) is 1.37. The zero-order valence-corrected chi connectivity index (χ0v) is 9.40. The first-order chi connectivity index (χ1) is 6.69. The Balaban J connectivity index is 2.76. The van der Waals surface area contributed by atoms with Crippen molar-refractivity contribution in [2.45, 2.75) is 33.3 Å². The summed E-state index contributed by atoms with van der Waals surface area (Å²) in [6, 6.07) is 0. The van der Waals surface area contributed by atoms with Crippen LogP contribution in [0, 0.1) is 5.92 Å². The fraction of sp³-hybridized carbons (Fsp3) is 0.800. The molecule has 0 spiro atoms. The molecule has 0 unspecified atom stereocenters. The highest BCUT2D eigenvalue weighted by Crippen LogP contribution is 2.25. The number of rotatable bonds is 5. The van der Waals surface area contributed by atoms with Gasteiger partial charge in [0.15, 0.2) is 5.82 Å². The molecule has 0 N–H and O–H groups in total. The molecule has 4 heteroatoms. The summed E-state index contributed by atoms with van der Waals surface area (Å²) in [6.45, 7) is 7.02. The number of hydrogen-bond acceptors (Lipinski definition) is 3. The van der Waals surface area contributed by atoms with Crippen LogP contribution in [0.3, 0.4) is 0 Å². The molecular formula is C10H19N3O. The Kier molecular flexibility index (Phi) is 4.07. The lowest BCUT2D eigenvalue weighted by molar-refractivity contribution is 0.0165. The van der Waals surface area contributed by atoms with Gasteiger partial charge in [-0.15, -0.1) is 0 Å². The number of aryl methyl sites for hydroxylation is 1. The highest BCUT2D eigenvalue weighted by Gasteiger charge is 2.21. The summed E-state index contributed by atoms with van der Waals surface area (Å²) in [6.07, 6.45) is 2.82. The van der Waals surface area contributed by atoms with Crippen LogP contribution < -0.4 is 0 Å². The number of hydrogen-bond donors (Lipinski definition) is 0. The molecule has 0 aliphatic rings. The van der Waals surface area contributed by atoms with Crippen molar-refractivity contribution in [1.29, 1.82) is 0 Å². The first-order valence-corrected chi connectivity index (χ1v) is 5.16. The second kappa shape index (κ2) is 5.10. The Bertz CT molecular complexity index is 272.